The van der Waals surface area contributed by atoms with Gasteiger partial charge in [-0.3, -0.25) is 4.79 Å². The van der Waals surface area contributed by atoms with Crippen molar-refractivity contribution in [3.8, 4) is 0 Å². The van der Waals surface area contributed by atoms with Crippen molar-refractivity contribution in [3.05, 3.63) is 35.1 Å². The van der Waals surface area contributed by atoms with Gasteiger partial charge in [-0.05, 0) is 24.1 Å². The van der Waals surface area contributed by atoms with Crippen molar-refractivity contribution in [2.24, 2.45) is 0 Å². The van der Waals surface area contributed by atoms with Gasteiger partial charge in [0.2, 0.25) is 5.91 Å². The first-order chi connectivity index (χ1) is 8.99. The number of carbonyl (C=O) groups is 2. The number of nitrogens with zero attached hydrogens (tertiary/aromatic N) is 1. The summed E-state index contributed by atoms with van der Waals surface area (Å²) >= 11 is 0. The second-order valence-electron chi connectivity index (χ2n) is 4.60. The van der Waals surface area contributed by atoms with E-state index in [0.717, 1.165) is 6.42 Å². The van der Waals surface area contributed by atoms with Crippen LogP contribution in [-0.2, 0) is 11.3 Å². The van der Waals surface area contributed by atoms with Gasteiger partial charge in [0.15, 0.2) is 0 Å². The Morgan fingerprint density at radius 2 is 2.32 bits per heavy atom. The van der Waals surface area contributed by atoms with Gasteiger partial charge in [-0.15, -0.1) is 0 Å². The molecule has 19 heavy (non-hydrogen) atoms. The highest BCUT2D eigenvalue weighted by Gasteiger charge is 2.28. The summed E-state index contributed by atoms with van der Waals surface area (Å²) in [5.41, 5.74) is 0.269. The van der Waals surface area contributed by atoms with Crippen molar-refractivity contribution in [1.29, 1.82) is 0 Å². The zero-order valence-corrected chi connectivity index (χ0v) is 10.5. The fourth-order valence-electron chi connectivity index (χ4n) is 2.09. The molecule has 1 aromatic carbocycles. The summed E-state index contributed by atoms with van der Waals surface area (Å²) in [5, 5.41) is 11.8. The molecule has 1 aliphatic heterocycles. The molecule has 0 spiro atoms. The molecule has 1 saturated heterocycles. The quantitative estimate of drug-likeness (QED) is 0.847. The maximum Gasteiger partial charge on any atom is 0.338 e. The molecule has 0 aliphatic carbocycles. The standard InChI is InChI=1S/C13H15FN2O3/c1-16-5-4-11(12(16)17)15-7-8-2-3-9(13(18)19)10(14)6-8/h2-3,6,11,15H,4-5,7H2,1H3,(H,18,19). The maximum atomic E-state index is 13.5. The van der Waals surface area contributed by atoms with Crippen molar-refractivity contribution in [3.63, 3.8) is 0 Å². The van der Waals surface area contributed by atoms with Crippen LogP contribution in [0.3, 0.4) is 0 Å². The number of hydrogen-bond acceptors (Lipinski definition) is 3. The fourth-order valence-corrected chi connectivity index (χ4v) is 2.09. The molecule has 0 bridgehead atoms. The van der Waals surface area contributed by atoms with Crippen LogP contribution in [0.2, 0.25) is 0 Å². The molecule has 0 aromatic heterocycles. The number of nitrogens with one attached hydrogen (secondary N) is 1. The Hall–Kier alpha value is -1.95. The number of likely N-dealkylation sites (tertiary alicyclic amines) is 1. The van der Waals surface area contributed by atoms with E-state index >= 15 is 0 Å². The molecule has 2 rings (SSSR count). The Labute approximate surface area is 110 Å². The monoisotopic (exact) mass is 266 g/mol. The average Bonchev–Trinajstić information content (AvgIpc) is 2.67. The van der Waals surface area contributed by atoms with Crippen LogP contribution in [0.15, 0.2) is 18.2 Å². The molecule has 0 saturated carbocycles. The van der Waals surface area contributed by atoms with Crippen molar-refractivity contribution in [1.82, 2.24) is 10.2 Å². The minimum atomic E-state index is -1.29. The minimum absolute atomic E-state index is 0.0302. The Morgan fingerprint density at radius 1 is 1.58 bits per heavy atom. The number of carboxylic acid groups (broad SMARTS) is 1. The molecule has 1 atom stereocenters. The van der Waals surface area contributed by atoms with Gasteiger partial charge < -0.3 is 15.3 Å². The van der Waals surface area contributed by atoms with Crippen LogP contribution in [0, 0.1) is 5.82 Å². The van der Waals surface area contributed by atoms with Crippen LogP contribution in [0.25, 0.3) is 0 Å². The number of amides is 1. The molecule has 6 heteroatoms. The van der Waals surface area contributed by atoms with Crippen LogP contribution in [0.4, 0.5) is 4.39 Å². The lowest BCUT2D eigenvalue weighted by Crippen LogP contribution is -2.36. The molecule has 1 aromatic rings. The SMILES string of the molecule is CN1CCC(NCc2ccc(C(=O)O)c(F)c2)C1=O. The van der Waals surface area contributed by atoms with Gasteiger partial charge in [0.1, 0.15) is 5.82 Å². The molecular formula is C13H15FN2O3. The number of halogens is 1. The Kier molecular flexibility index (Phi) is 3.80. The first-order valence-corrected chi connectivity index (χ1v) is 5.99. The molecule has 1 aliphatic rings. The average molecular weight is 266 g/mol. The van der Waals surface area contributed by atoms with Crippen molar-refractivity contribution in [2.75, 3.05) is 13.6 Å². The predicted molar refractivity (Wildman–Crippen MR) is 66.2 cm³/mol. The molecule has 1 fully saturated rings. The van der Waals surface area contributed by atoms with Crippen LogP contribution in [0.5, 0.6) is 0 Å². The van der Waals surface area contributed by atoms with E-state index < -0.39 is 11.8 Å². The molecular weight excluding hydrogens is 251 g/mol. The van der Waals surface area contributed by atoms with E-state index in [1.807, 2.05) is 0 Å². The van der Waals surface area contributed by atoms with E-state index in [2.05, 4.69) is 5.32 Å². The van der Waals surface area contributed by atoms with Crippen LogP contribution in [0.1, 0.15) is 22.3 Å². The third kappa shape index (κ3) is 2.90. The lowest BCUT2D eigenvalue weighted by atomic mass is 10.1. The summed E-state index contributed by atoms with van der Waals surface area (Å²) in [7, 11) is 1.74. The number of aromatic carboxylic acids is 1. The predicted octanol–water partition coefficient (Wildman–Crippen LogP) is 0.844. The van der Waals surface area contributed by atoms with Gasteiger partial charge >= 0.3 is 5.97 Å². The summed E-state index contributed by atoms with van der Waals surface area (Å²) in [6.45, 7) is 1.05. The number of hydrogen-bond donors (Lipinski definition) is 2. The highest BCUT2D eigenvalue weighted by molar-refractivity contribution is 5.88. The summed E-state index contributed by atoms with van der Waals surface area (Å²) in [6, 6.07) is 3.71. The van der Waals surface area contributed by atoms with E-state index in [1.54, 1.807) is 18.0 Å². The second kappa shape index (κ2) is 5.36. The minimum Gasteiger partial charge on any atom is -0.478 e. The summed E-state index contributed by atoms with van der Waals surface area (Å²) < 4.78 is 13.5. The third-order valence-electron chi connectivity index (χ3n) is 3.24. The highest BCUT2D eigenvalue weighted by Crippen LogP contribution is 2.13. The first-order valence-electron chi connectivity index (χ1n) is 5.99. The number of carbonyl (C=O) groups excluding carboxylic acids is 1. The first kappa shape index (κ1) is 13.5. The maximum absolute atomic E-state index is 13.5. The largest absolute Gasteiger partial charge is 0.478 e. The van der Waals surface area contributed by atoms with Gasteiger partial charge in [0.25, 0.3) is 0 Å². The van der Waals surface area contributed by atoms with Crippen molar-refractivity contribution < 1.29 is 19.1 Å². The highest BCUT2D eigenvalue weighted by atomic mass is 19.1. The van der Waals surface area contributed by atoms with Gasteiger partial charge in [0, 0.05) is 20.1 Å². The number of benzene rings is 1. The smallest absolute Gasteiger partial charge is 0.338 e. The lowest BCUT2D eigenvalue weighted by molar-refractivity contribution is -0.128. The summed E-state index contributed by atoms with van der Waals surface area (Å²) in [4.78, 5) is 24.0. The molecule has 1 unspecified atom stereocenters. The molecule has 1 heterocycles. The van der Waals surface area contributed by atoms with E-state index in [0.29, 0.717) is 18.7 Å². The normalized spacial score (nSPS) is 18.9. The Morgan fingerprint density at radius 3 is 2.84 bits per heavy atom. The van der Waals surface area contributed by atoms with Gasteiger partial charge in [0.05, 0.1) is 11.6 Å². The molecule has 2 N–H and O–H groups in total. The van der Waals surface area contributed by atoms with Crippen LogP contribution >= 0.6 is 0 Å². The zero-order valence-electron chi connectivity index (χ0n) is 10.5. The zero-order chi connectivity index (χ0) is 14.0. The van der Waals surface area contributed by atoms with Crippen LogP contribution < -0.4 is 5.32 Å². The number of rotatable bonds is 4. The second-order valence-corrected chi connectivity index (χ2v) is 4.60. The lowest BCUT2D eigenvalue weighted by Gasteiger charge is -2.12. The number of likely N-dealkylation sites (N-methyl/N-ethyl adjacent to an activating group) is 1. The van der Waals surface area contributed by atoms with E-state index in [4.69, 9.17) is 5.11 Å². The molecule has 102 valence electrons. The van der Waals surface area contributed by atoms with E-state index in [-0.39, 0.29) is 17.5 Å². The fraction of sp³-hybridized carbons (Fsp3) is 0.385. The Balaban J connectivity index is 1.99. The topological polar surface area (TPSA) is 69.6 Å². The van der Waals surface area contributed by atoms with Crippen molar-refractivity contribution >= 4 is 11.9 Å². The summed E-state index contributed by atoms with van der Waals surface area (Å²) in [6.07, 6.45) is 0.727. The molecule has 1 amide bonds. The summed E-state index contributed by atoms with van der Waals surface area (Å²) in [5.74, 6) is -2.02. The van der Waals surface area contributed by atoms with E-state index in [9.17, 15) is 14.0 Å². The molecule has 5 nitrogen and oxygen atoms in total. The van der Waals surface area contributed by atoms with Gasteiger partial charge in [-0.25, -0.2) is 9.18 Å². The van der Waals surface area contributed by atoms with Crippen molar-refractivity contribution in [2.45, 2.75) is 19.0 Å². The van der Waals surface area contributed by atoms with E-state index in [1.165, 1.54) is 12.1 Å². The molecule has 0 radical (unpaired) electrons. The van der Waals surface area contributed by atoms with Gasteiger partial charge in [-0.1, -0.05) is 6.07 Å². The third-order valence-corrected chi connectivity index (χ3v) is 3.24. The number of carboxylic acids is 1. The van der Waals surface area contributed by atoms with Crippen LogP contribution in [-0.4, -0.2) is 41.5 Å². The Bertz CT molecular complexity index is 519. The van der Waals surface area contributed by atoms with Gasteiger partial charge in [-0.2, -0.15) is 0 Å².